The highest BCUT2D eigenvalue weighted by atomic mass is 32.2. The smallest absolute Gasteiger partial charge is 0.338 e. The number of rotatable bonds is 7. The predicted molar refractivity (Wildman–Crippen MR) is 113 cm³/mol. The van der Waals surface area contributed by atoms with Gasteiger partial charge in [-0.1, -0.05) is 11.2 Å². The van der Waals surface area contributed by atoms with Crippen LogP contribution in [0.1, 0.15) is 23.0 Å². The number of amides is 1. The van der Waals surface area contributed by atoms with Gasteiger partial charge >= 0.3 is 5.97 Å². The van der Waals surface area contributed by atoms with Crippen molar-refractivity contribution < 1.29 is 27.3 Å². The number of hydrogen-bond acceptors (Lipinski definition) is 8. The standard InChI is InChI=1S/C20H20N4O6S/c1-12-10-18(23-30-12)24-31(27,28)17-8-6-16(7-9-17)22-19(25)13(2)29-20(26)14-4-3-5-15(21)11-14/h3-11,13H,21H2,1-2H3,(H,22,25)(H,23,24). The third-order valence-corrected chi connectivity index (χ3v) is 5.45. The molecule has 1 heterocycles. The minimum atomic E-state index is -3.88. The van der Waals surface area contributed by atoms with Crippen molar-refractivity contribution in [3.63, 3.8) is 0 Å². The number of aromatic nitrogens is 1. The first-order valence-corrected chi connectivity index (χ1v) is 10.6. The van der Waals surface area contributed by atoms with Gasteiger partial charge in [-0.3, -0.25) is 9.52 Å². The lowest BCUT2D eigenvalue weighted by atomic mass is 10.2. The normalized spacial score (nSPS) is 12.1. The van der Waals surface area contributed by atoms with Gasteiger partial charge in [0, 0.05) is 17.4 Å². The molecule has 10 nitrogen and oxygen atoms in total. The number of aryl methyl sites for hydroxylation is 1. The van der Waals surface area contributed by atoms with Crippen molar-refractivity contribution in [1.29, 1.82) is 0 Å². The number of ether oxygens (including phenoxy) is 1. The van der Waals surface area contributed by atoms with Crippen molar-refractivity contribution >= 4 is 39.1 Å². The molecule has 11 heteroatoms. The van der Waals surface area contributed by atoms with Crippen molar-refractivity contribution in [2.75, 3.05) is 15.8 Å². The van der Waals surface area contributed by atoms with E-state index in [1.807, 2.05) is 0 Å². The molecule has 1 atom stereocenters. The van der Waals surface area contributed by atoms with Gasteiger partial charge in [-0.2, -0.15) is 0 Å². The number of anilines is 3. The van der Waals surface area contributed by atoms with E-state index in [-0.39, 0.29) is 16.3 Å². The van der Waals surface area contributed by atoms with Crippen LogP contribution in [-0.2, 0) is 19.6 Å². The van der Waals surface area contributed by atoms with Gasteiger partial charge in [-0.15, -0.1) is 0 Å². The van der Waals surface area contributed by atoms with Crippen LogP contribution in [0.2, 0.25) is 0 Å². The second-order valence-electron chi connectivity index (χ2n) is 6.61. The molecule has 3 rings (SSSR count). The molecular weight excluding hydrogens is 424 g/mol. The number of carbonyl (C=O) groups is 2. The average Bonchev–Trinajstić information content (AvgIpc) is 3.12. The number of nitrogens with one attached hydrogen (secondary N) is 2. The van der Waals surface area contributed by atoms with Crippen LogP contribution < -0.4 is 15.8 Å². The molecule has 0 aliphatic heterocycles. The van der Waals surface area contributed by atoms with Gasteiger partial charge in [-0.05, 0) is 56.3 Å². The first kappa shape index (κ1) is 21.8. The van der Waals surface area contributed by atoms with Gasteiger partial charge in [0.1, 0.15) is 5.76 Å². The molecule has 0 aliphatic carbocycles. The van der Waals surface area contributed by atoms with Crippen LogP contribution in [-0.4, -0.2) is 31.6 Å². The minimum Gasteiger partial charge on any atom is -0.449 e. The molecular formula is C20H20N4O6S. The van der Waals surface area contributed by atoms with Crippen LogP contribution in [0, 0.1) is 6.92 Å². The Morgan fingerprint density at radius 3 is 2.45 bits per heavy atom. The molecule has 0 saturated carbocycles. The Hall–Kier alpha value is -3.86. The Bertz CT molecular complexity index is 1200. The van der Waals surface area contributed by atoms with Crippen molar-refractivity contribution in [3.8, 4) is 0 Å². The van der Waals surface area contributed by atoms with Crippen molar-refractivity contribution in [3.05, 3.63) is 65.9 Å². The zero-order valence-corrected chi connectivity index (χ0v) is 17.5. The summed E-state index contributed by atoms with van der Waals surface area (Å²) >= 11 is 0. The number of nitrogen functional groups attached to an aromatic ring is 1. The van der Waals surface area contributed by atoms with Crippen LogP contribution in [0.25, 0.3) is 0 Å². The van der Waals surface area contributed by atoms with Gasteiger partial charge in [0.2, 0.25) is 0 Å². The summed E-state index contributed by atoms with van der Waals surface area (Å²) in [6, 6.07) is 13.1. The van der Waals surface area contributed by atoms with E-state index in [1.54, 1.807) is 19.1 Å². The van der Waals surface area contributed by atoms with Crippen LogP contribution in [0.4, 0.5) is 17.2 Å². The summed E-state index contributed by atoms with van der Waals surface area (Å²) in [4.78, 5) is 24.4. The van der Waals surface area contributed by atoms with Crippen molar-refractivity contribution in [2.24, 2.45) is 0 Å². The molecule has 1 unspecified atom stereocenters. The second kappa shape index (κ2) is 8.88. The summed E-state index contributed by atoms with van der Waals surface area (Å²) in [5.74, 6) is -0.748. The second-order valence-corrected chi connectivity index (χ2v) is 8.30. The van der Waals surface area contributed by atoms with Crippen LogP contribution >= 0.6 is 0 Å². The Morgan fingerprint density at radius 2 is 1.84 bits per heavy atom. The van der Waals surface area contributed by atoms with Crippen LogP contribution in [0.15, 0.2) is 64.0 Å². The lowest BCUT2D eigenvalue weighted by molar-refractivity contribution is -0.123. The van der Waals surface area contributed by atoms with E-state index in [9.17, 15) is 18.0 Å². The Morgan fingerprint density at radius 1 is 1.13 bits per heavy atom. The molecule has 1 aromatic heterocycles. The van der Waals surface area contributed by atoms with Gasteiger partial charge in [0.25, 0.3) is 15.9 Å². The Labute approximate surface area is 178 Å². The number of hydrogen-bond donors (Lipinski definition) is 3. The van der Waals surface area contributed by atoms with Crippen molar-refractivity contribution in [2.45, 2.75) is 24.8 Å². The molecule has 2 aromatic carbocycles. The zero-order valence-electron chi connectivity index (χ0n) is 16.7. The zero-order chi connectivity index (χ0) is 22.6. The molecule has 31 heavy (non-hydrogen) atoms. The van der Waals surface area contributed by atoms with E-state index in [2.05, 4.69) is 15.2 Å². The SMILES string of the molecule is Cc1cc(NS(=O)(=O)c2ccc(NC(=O)C(C)OC(=O)c3cccc(N)c3)cc2)no1. The highest BCUT2D eigenvalue weighted by molar-refractivity contribution is 7.92. The largest absolute Gasteiger partial charge is 0.449 e. The number of benzene rings is 2. The summed E-state index contributed by atoms with van der Waals surface area (Å²) in [5.41, 5.74) is 6.58. The Balaban J connectivity index is 1.60. The molecule has 0 saturated heterocycles. The summed E-state index contributed by atoms with van der Waals surface area (Å²) in [6.07, 6.45) is -1.09. The number of nitrogens with zero attached hydrogens (tertiary/aromatic N) is 1. The molecule has 1 amide bonds. The van der Waals surface area contributed by atoms with Crippen LogP contribution in [0.3, 0.4) is 0 Å². The average molecular weight is 444 g/mol. The summed E-state index contributed by atoms with van der Waals surface area (Å²) < 4.78 is 37.0. The lowest BCUT2D eigenvalue weighted by Crippen LogP contribution is -2.30. The third-order valence-electron chi connectivity index (χ3n) is 4.07. The molecule has 0 radical (unpaired) electrons. The number of carbonyl (C=O) groups excluding carboxylic acids is 2. The van der Waals surface area contributed by atoms with E-state index in [0.717, 1.165) is 0 Å². The first-order valence-electron chi connectivity index (χ1n) is 9.07. The fourth-order valence-corrected chi connectivity index (χ4v) is 3.50. The number of nitrogens with two attached hydrogens (primary N) is 1. The van der Waals surface area contributed by atoms with E-state index < -0.39 is 28.0 Å². The fourth-order valence-electron chi connectivity index (χ4n) is 2.52. The van der Waals surface area contributed by atoms with E-state index in [0.29, 0.717) is 17.1 Å². The number of sulfonamides is 1. The molecule has 0 spiro atoms. The number of esters is 1. The molecule has 162 valence electrons. The fraction of sp³-hybridized carbons (Fsp3) is 0.150. The molecule has 0 fully saturated rings. The summed E-state index contributed by atoms with van der Waals surface area (Å²) in [7, 11) is -3.88. The van der Waals surface area contributed by atoms with Gasteiger partial charge < -0.3 is 20.3 Å². The van der Waals surface area contributed by atoms with E-state index in [1.165, 1.54) is 49.4 Å². The highest BCUT2D eigenvalue weighted by Crippen LogP contribution is 2.18. The predicted octanol–water partition coefficient (Wildman–Crippen LogP) is 2.55. The lowest BCUT2D eigenvalue weighted by Gasteiger charge is -2.14. The highest BCUT2D eigenvalue weighted by Gasteiger charge is 2.20. The van der Waals surface area contributed by atoms with Gasteiger partial charge in [0.05, 0.1) is 10.5 Å². The quantitative estimate of drug-likeness (QED) is 0.371. The van der Waals surface area contributed by atoms with Gasteiger partial charge in [-0.25, -0.2) is 13.2 Å². The minimum absolute atomic E-state index is 0.0349. The maximum Gasteiger partial charge on any atom is 0.338 e. The monoisotopic (exact) mass is 444 g/mol. The maximum atomic E-state index is 12.4. The maximum absolute atomic E-state index is 12.4. The van der Waals surface area contributed by atoms with Crippen LogP contribution in [0.5, 0.6) is 0 Å². The Kier molecular flexibility index (Phi) is 6.25. The van der Waals surface area contributed by atoms with E-state index >= 15 is 0 Å². The third kappa shape index (κ3) is 5.60. The van der Waals surface area contributed by atoms with Crippen molar-refractivity contribution in [1.82, 2.24) is 5.16 Å². The molecule has 3 aromatic rings. The molecule has 0 aliphatic rings. The molecule has 0 bridgehead atoms. The van der Waals surface area contributed by atoms with E-state index in [4.69, 9.17) is 15.0 Å². The van der Waals surface area contributed by atoms with Gasteiger partial charge in [0.15, 0.2) is 11.9 Å². The summed E-state index contributed by atoms with van der Waals surface area (Å²) in [5, 5.41) is 6.14. The molecule has 4 N–H and O–H groups in total. The first-order chi connectivity index (χ1) is 14.6. The topological polar surface area (TPSA) is 154 Å². The summed E-state index contributed by atoms with van der Waals surface area (Å²) in [6.45, 7) is 3.05.